The van der Waals surface area contributed by atoms with Crippen molar-refractivity contribution in [1.82, 2.24) is 0 Å². The zero-order valence-corrected chi connectivity index (χ0v) is 10.3. The summed E-state index contributed by atoms with van der Waals surface area (Å²) < 4.78 is 42.0. The van der Waals surface area contributed by atoms with E-state index in [1.54, 1.807) is 0 Å². The predicted octanol–water partition coefficient (Wildman–Crippen LogP) is 1.33. The molecule has 0 bridgehead atoms. The topological polar surface area (TPSA) is 93.0 Å². The lowest BCUT2D eigenvalue weighted by Crippen LogP contribution is -1.71. The van der Waals surface area contributed by atoms with Gasteiger partial charge >= 0.3 is 21.0 Å². The van der Waals surface area contributed by atoms with Crippen LogP contribution in [0.1, 0.15) is 11.1 Å². The van der Waals surface area contributed by atoms with Crippen molar-refractivity contribution in [2.45, 2.75) is 13.8 Å². The molecule has 0 heterocycles. The van der Waals surface area contributed by atoms with Crippen LogP contribution in [0.2, 0.25) is 0 Å². The summed E-state index contributed by atoms with van der Waals surface area (Å²) in [6, 6.07) is 8.45. The quantitative estimate of drug-likeness (QED) is 0.713. The van der Waals surface area contributed by atoms with Gasteiger partial charge in [-0.2, -0.15) is 16.8 Å². The van der Waals surface area contributed by atoms with Crippen molar-refractivity contribution < 1.29 is 16.8 Å². The van der Waals surface area contributed by atoms with Crippen molar-refractivity contribution in [3.8, 4) is 0 Å². The lowest BCUT2D eigenvalue weighted by Gasteiger charge is -1.90. The van der Waals surface area contributed by atoms with Crippen LogP contribution in [0.15, 0.2) is 33.2 Å². The van der Waals surface area contributed by atoms with E-state index in [0.717, 1.165) is 0 Å². The first-order chi connectivity index (χ1) is 7.41. The van der Waals surface area contributed by atoms with E-state index < -0.39 is 21.0 Å². The summed E-state index contributed by atoms with van der Waals surface area (Å²) in [6.45, 7) is 4.21. The van der Waals surface area contributed by atoms with Gasteiger partial charge in [-0.15, -0.1) is 0 Å². The number of rotatable bonds is 1. The second-order valence-corrected chi connectivity index (χ2v) is 3.95. The molecule has 0 saturated carbocycles. The molecule has 0 aromatic heterocycles. The van der Waals surface area contributed by atoms with Crippen molar-refractivity contribution in [1.29, 1.82) is 0 Å². The molecule has 0 fully saturated rings. The smallest absolute Gasteiger partial charge is 0.162 e. The summed E-state index contributed by atoms with van der Waals surface area (Å²) in [5.74, 6) is 0. The van der Waals surface area contributed by atoms with Gasteiger partial charge in [0, 0.05) is 0 Å². The van der Waals surface area contributed by atoms with Gasteiger partial charge in [0.1, 0.15) is 0 Å². The Morgan fingerprint density at radius 2 is 1.25 bits per heavy atom. The van der Waals surface area contributed by atoms with Gasteiger partial charge in [-0.05, 0) is 22.8 Å². The molecule has 0 atom stereocenters. The van der Waals surface area contributed by atoms with E-state index in [2.05, 4.69) is 47.1 Å². The van der Waals surface area contributed by atoms with Gasteiger partial charge in [-0.1, -0.05) is 35.4 Å². The second-order valence-electron chi connectivity index (χ2n) is 2.76. The molecule has 0 radical (unpaired) electrons. The zero-order valence-electron chi connectivity index (χ0n) is 8.65. The highest BCUT2D eigenvalue weighted by atomic mass is 32.2. The Morgan fingerprint density at radius 1 is 0.875 bits per heavy atom. The van der Waals surface area contributed by atoms with Gasteiger partial charge in [-0.25, -0.2) is 0 Å². The average Bonchev–Trinajstić information content (AvgIpc) is 2.15. The van der Waals surface area contributed by atoms with Crippen LogP contribution in [-0.4, -0.2) is 16.8 Å². The summed E-state index contributed by atoms with van der Waals surface area (Å²) in [6.07, 6.45) is 0. The van der Waals surface area contributed by atoms with E-state index >= 15 is 0 Å². The SMILES string of the molecule is Cc1cccc(C)c1.O=S(=O)=NN=S(=O)=O. The Balaban J connectivity index is 0.000000281. The fourth-order valence-electron chi connectivity index (χ4n) is 0.861. The third-order valence-corrected chi connectivity index (χ3v) is 1.87. The first-order valence-electron chi connectivity index (χ1n) is 4.05. The van der Waals surface area contributed by atoms with Crippen LogP contribution in [-0.2, 0) is 21.0 Å². The third kappa shape index (κ3) is 9.03. The molecule has 88 valence electrons. The molecule has 1 aromatic carbocycles. The monoisotopic (exact) mass is 262 g/mol. The van der Waals surface area contributed by atoms with Crippen LogP contribution in [0.3, 0.4) is 0 Å². The summed E-state index contributed by atoms with van der Waals surface area (Å²) in [5, 5.41) is 0. The van der Waals surface area contributed by atoms with Crippen molar-refractivity contribution >= 4 is 21.0 Å². The van der Waals surface area contributed by atoms with Crippen LogP contribution < -0.4 is 0 Å². The highest BCUT2D eigenvalue weighted by Crippen LogP contribution is 2.00. The maximum atomic E-state index is 9.37. The van der Waals surface area contributed by atoms with Crippen LogP contribution in [0.25, 0.3) is 0 Å². The molecular weight excluding hydrogens is 252 g/mol. The highest BCUT2D eigenvalue weighted by molar-refractivity contribution is 7.63. The van der Waals surface area contributed by atoms with Gasteiger partial charge in [0.2, 0.25) is 0 Å². The lowest BCUT2D eigenvalue weighted by molar-refractivity contribution is 0.614. The van der Waals surface area contributed by atoms with E-state index in [1.165, 1.54) is 11.1 Å². The van der Waals surface area contributed by atoms with Gasteiger partial charge in [0.05, 0.1) is 0 Å². The van der Waals surface area contributed by atoms with E-state index in [4.69, 9.17) is 0 Å². The molecule has 1 aromatic rings. The molecule has 1 rings (SSSR count). The molecule has 0 aliphatic rings. The Labute approximate surface area is 96.3 Å². The Morgan fingerprint density at radius 3 is 1.44 bits per heavy atom. The Hall–Kier alpha value is -1.54. The summed E-state index contributed by atoms with van der Waals surface area (Å²) >= 11 is 0. The molecular formula is C8H10N2O4S2. The summed E-state index contributed by atoms with van der Waals surface area (Å²) in [5.41, 5.74) is 2.68. The van der Waals surface area contributed by atoms with Gasteiger partial charge in [-0.3, -0.25) is 0 Å². The third-order valence-electron chi connectivity index (χ3n) is 1.34. The number of nitrogens with zero attached hydrogens (tertiary/aromatic N) is 2. The summed E-state index contributed by atoms with van der Waals surface area (Å²) in [7, 11) is -5.54. The van der Waals surface area contributed by atoms with Crippen LogP contribution in [0, 0.1) is 13.8 Å². The minimum absolute atomic E-state index is 1.34. The van der Waals surface area contributed by atoms with E-state index in [0.29, 0.717) is 0 Å². The first-order valence-corrected chi connectivity index (χ1v) is 6.12. The molecule has 0 saturated heterocycles. The fraction of sp³-hybridized carbons (Fsp3) is 0.250. The van der Waals surface area contributed by atoms with Crippen molar-refractivity contribution in [3.63, 3.8) is 0 Å². The van der Waals surface area contributed by atoms with Crippen molar-refractivity contribution in [2.75, 3.05) is 0 Å². The molecule has 0 amide bonds. The zero-order chi connectivity index (χ0) is 12.6. The lowest BCUT2D eigenvalue weighted by atomic mass is 10.2. The van der Waals surface area contributed by atoms with E-state index in [9.17, 15) is 16.8 Å². The molecule has 0 N–H and O–H groups in total. The second kappa shape index (κ2) is 7.71. The maximum absolute atomic E-state index is 9.37. The minimum Gasteiger partial charge on any atom is -0.162 e. The molecule has 0 unspecified atom stereocenters. The number of hydrogen-bond donors (Lipinski definition) is 0. The molecule has 8 heteroatoms. The van der Waals surface area contributed by atoms with Crippen molar-refractivity contribution in [2.24, 2.45) is 8.94 Å². The minimum atomic E-state index is -2.77. The average molecular weight is 262 g/mol. The number of hydrogen-bond acceptors (Lipinski definition) is 4. The van der Waals surface area contributed by atoms with Gasteiger partial charge in [0.15, 0.2) is 0 Å². The van der Waals surface area contributed by atoms with Gasteiger partial charge in [0.25, 0.3) is 0 Å². The number of benzene rings is 1. The molecule has 6 nitrogen and oxygen atoms in total. The van der Waals surface area contributed by atoms with Crippen LogP contribution in [0.5, 0.6) is 0 Å². The maximum Gasteiger partial charge on any atom is 0.335 e. The first kappa shape index (κ1) is 14.5. The Kier molecular flexibility index (Phi) is 6.97. The van der Waals surface area contributed by atoms with E-state index in [1.807, 2.05) is 0 Å². The standard InChI is InChI=1S/C8H10.N2O4S2/c1-7-4-3-5-8(2)6-7;3-7(4)1-2-8(5)6/h3-6H,1-2H3;. The molecule has 0 aliphatic heterocycles. The largest absolute Gasteiger partial charge is 0.335 e. The van der Waals surface area contributed by atoms with E-state index in [-0.39, 0.29) is 0 Å². The predicted molar refractivity (Wildman–Crippen MR) is 58.6 cm³/mol. The molecule has 0 spiro atoms. The van der Waals surface area contributed by atoms with Crippen LogP contribution >= 0.6 is 0 Å². The normalized spacial score (nSPS) is 8.38. The van der Waals surface area contributed by atoms with Crippen molar-refractivity contribution in [3.05, 3.63) is 35.4 Å². The summed E-state index contributed by atoms with van der Waals surface area (Å²) in [4.78, 5) is 0. The number of aryl methyl sites for hydroxylation is 2. The van der Waals surface area contributed by atoms with Crippen LogP contribution in [0.4, 0.5) is 0 Å². The Bertz CT molecular complexity index is 535. The van der Waals surface area contributed by atoms with Gasteiger partial charge < -0.3 is 0 Å². The highest BCUT2D eigenvalue weighted by Gasteiger charge is 1.80. The molecule has 16 heavy (non-hydrogen) atoms. The fourth-order valence-corrected chi connectivity index (χ4v) is 1.30. The molecule has 0 aliphatic carbocycles.